The van der Waals surface area contributed by atoms with Gasteiger partial charge >= 0.3 is 0 Å². The summed E-state index contributed by atoms with van der Waals surface area (Å²) in [4.78, 5) is 0. The highest BCUT2D eigenvalue weighted by Gasteiger charge is 2.22. The minimum Gasteiger partial charge on any atom is -0.392 e. The average Bonchev–Trinajstić information content (AvgIpc) is 2.48. The first-order valence-corrected chi connectivity index (χ1v) is 5.13. The Labute approximate surface area is 75.4 Å². The van der Waals surface area contributed by atoms with Crippen LogP contribution in [0.1, 0.15) is 39.5 Å². The molecule has 0 aromatic carbocycles. The number of rotatable bonds is 4. The molecule has 1 fully saturated rings. The van der Waals surface area contributed by atoms with E-state index in [1.165, 1.54) is 25.7 Å². The van der Waals surface area contributed by atoms with Crippen molar-refractivity contribution in [3.05, 3.63) is 0 Å². The maximum atomic E-state index is 9.07. The molecule has 1 rings (SSSR count). The lowest BCUT2D eigenvalue weighted by Gasteiger charge is -2.13. The molecule has 0 aromatic rings. The number of hydrogen-bond donors (Lipinski definition) is 2. The second-order valence-corrected chi connectivity index (χ2v) is 4.04. The normalized spacial score (nSPS) is 32.2. The van der Waals surface area contributed by atoms with E-state index in [0.29, 0.717) is 6.04 Å². The van der Waals surface area contributed by atoms with Crippen molar-refractivity contribution in [2.24, 2.45) is 5.92 Å². The van der Waals surface area contributed by atoms with Crippen LogP contribution >= 0.6 is 0 Å². The third kappa shape index (κ3) is 3.11. The van der Waals surface area contributed by atoms with Crippen LogP contribution in [0.15, 0.2) is 0 Å². The maximum Gasteiger partial charge on any atom is 0.0636 e. The molecule has 1 saturated carbocycles. The first-order chi connectivity index (χ1) is 5.72. The molecule has 2 N–H and O–H groups in total. The van der Waals surface area contributed by atoms with Crippen LogP contribution in [0.25, 0.3) is 0 Å². The number of aliphatic hydroxyl groups is 1. The summed E-state index contributed by atoms with van der Waals surface area (Å²) in [6.45, 7) is 4.85. The number of hydrogen-bond acceptors (Lipinski definition) is 2. The fraction of sp³-hybridized carbons (Fsp3) is 1.00. The zero-order valence-corrected chi connectivity index (χ0v) is 8.21. The van der Waals surface area contributed by atoms with Gasteiger partial charge in [0.25, 0.3) is 0 Å². The minimum absolute atomic E-state index is 0.203. The molecule has 0 radical (unpaired) electrons. The van der Waals surface area contributed by atoms with Crippen molar-refractivity contribution < 1.29 is 5.11 Å². The van der Waals surface area contributed by atoms with Crippen LogP contribution in [0.3, 0.4) is 0 Å². The van der Waals surface area contributed by atoms with E-state index in [2.05, 4.69) is 12.2 Å². The van der Waals surface area contributed by atoms with Crippen LogP contribution in [0, 0.1) is 5.92 Å². The SMILES string of the molecule is CCC1CCC(NCC(C)O)C1. The molecule has 3 unspecified atom stereocenters. The first kappa shape index (κ1) is 10.0. The Hall–Kier alpha value is -0.0800. The van der Waals surface area contributed by atoms with E-state index in [1.807, 2.05) is 6.92 Å². The Bertz CT molecular complexity index is 125. The summed E-state index contributed by atoms with van der Waals surface area (Å²) in [5.41, 5.74) is 0. The Morgan fingerprint density at radius 3 is 2.75 bits per heavy atom. The third-order valence-corrected chi connectivity index (χ3v) is 2.82. The van der Waals surface area contributed by atoms with Crippen molar-refractivity contribution in [1.29, 1.82) is 0 Å². The van der Waals surface area contributed by atoms with Gasteiger partial charge in [0.1, 0.15) is 0 Å². The summed E-state index contributed by atoms with van der Waals surface area (Å²) in [6.07, 6.45) is 5.08. The zero-order valence-electron chi connectivity index (χ0n) is 8.21. The van der Waals surface area contributed by atoms with Crippen molar-refractivity contribution >= 4 is 0 Å². The molecule has 0 aliphatic heterocycles. The molecule has 0 amide bonds. The fourth-order valence-corrected chi connectivity index (χ4v) is 1.97. The molecular formula is C10H21NO. The van der Waals surface area contributed by atoms with Crippen LogP contribution in [0.4, 0.5) is 0 Å². The Balaban J connectivity index is 2.11. The Morgan fingerprint density at radius 1 is 1.50 bits per heavy atom. The van der Waals surface area contributed by atoms with Crippen molar-refractivity contribution in [3.63, 3.8) is 0 Å². The van der Waals surface area contributed by atoms with Crippen LogP contribution in [0.2, 0.25) is 0 Å². The molecule has 2 nitrogen and oxygen atoms in total. The summed E-state index contributed by atoms with van der Waals surface area (Å²) in [5, 5.41) is 12.5. The molecule has 3 atom stereocenters. The summed E-state index contributed by atoms with van der Waals surface area (Å²) in [7, 11) is 0. The summed E-state index contributed by atoms with van der Waals surface area (Å²) < 4.78 is 0. The molecule has 0 bridgehead atoms. The minimum atomic E-state index is -0.203. The second kappa shape index (κ2) is 4.83. The van der Waals surface area contributed by atoms with E-state index >= 15 is 0 Å². The van der Waals surface area contributed by atoms with Crippen LogP contribution in [0.5, 0.6) is 0 Å². The monoisotopic (exact) mass is 171 g/mol. The molecule has 1 aliphatic rings. The van der Waals surface area contributed by atoms with Gasteiger partial charge in [-0.3, -0.25) is 0 Å². The van der Waals surface area contributed by atoms with E-state index in [9.17, 15) is 0 Å². The molecule has 0 heterocycles. The summed E-state index contributed by atoms with van der Waals surface area (Å²) in [5.74, 6) is 0.927. The largest absolute Gasteiger partial charge is 0.392 e. The van der Waals surface area contributed by atoms with E-state index in [1.54, 1.807) is 0 Å². The zero-order chi connectivity index (χ0) is 8.97. The fourth-order valence-electron chi connectivity index (χ4n) is 1.97. The van der Waals surface area contributed by atoms with Crippen molar-refractivity contribution in [3.8, 4) is 0 Å². The van der Waals surface area contributed by atoms with E-state index in [-0.39, 0.29) is 6.10 Å². The van der Waals surface area contributed by atoms with Gasteiger partial charge in [-0.15, -0.1) is 0 Å². The second-order valence-electron chi connectivity index (χ2n) is 4.04. The van der Waals surface area contributed by atoms with Crippen molar-refractivity contribution in [2.75, 3.05) is 6.54 Å². The van der Waals surface area contributed by atoms with Gasteiger partial charge in [0.15, 0.2) is 0 Å². The van der Waals surface area contributed by atoms with E-state index in [4.69, 9.17) is 5.11 Å². The number of aliphatic hydroxyl groups excluding tert-OH is 1. The van der Waals surface area contributed by atoms with Crippen molar-refractivity contribution in [1.82, 2.24) is 5.32 Å². The van der Waals surface area contributed by atoms with Gasteiger partial charge < -0.3 is 10.4 Å². The maximum absolute atomic E-state index is 9.07. The summed E-state index contributed by atoms with van der Waals surface area (Å²) >= 11 is 0. The highest BCUT2D eigenvalue weighted by Crippen LogP contribution is 2.27. The smallest absolute Gasteiger partial charge is 0.0636 e. The Kier molecular flexibility index (Phi) is 4.02. The predicted molar refractivity (Wildman–Crippen MR) is 51.1 cm³/mol. The highest BCUT2D eigenvalue weighted by molar-refractivity contribution is 4.80. The van der Waals surface area contributed by atoms with Gasteiger partial charge in [-0.2, -0.15) is 0 Å². The predicted octanol–water partition coefficient (Wildman–Crippen LogP) is 1.54. The van der Waals surface area contributed by atoms with Crippen LogP contribution in [-0.4, -0.2) is 23.8 Å². The first-order valence-electron chi connectivity index (χ1n) is 5.13. The molecular weight excluding hydrogens is 150 g/mol. The lowest BCUT2D eigenvalue weighted by molar-refractivity contribution is 0.186. The quantitative estimate of drug-likeness (QED) is 0.672. The summed E-state index contributed by atoms with van der Waals surface area (Å²) in [6, 6.07) is 0.671. The standard InChI is InChI=1S/C10H21NO/c1-3-9-4-5-10(6-9)11-7-8(2)12/h8-12H,3-7H2,1-2H3. The molecule has 72 valence electrons. The van der Waals surface area contributed by atoms with Gasteiger partial charge in [0, 0.05) is 12.6 Å². The molecule has 2 heteroatoms. The molecule has 0 aromatic heterocycles. The Morgan fingerprint density at radius 2 is 2.25 bits per heavy atom. The lowest BCUT2D eigenvalue weighted by Crippen LogP contribution is -2.32. The van der Waals surface area contributed by atoms with Crippen LogP contribution < -0.4 is 5.32 Å². The molecule has 0 spiro atoms. The van der Waals surface area contributed by atoms with Gasteiger partial charge in [0.05, 0.1) is 6.10 Å². The van der Waals surface area contributed by atoms with Gasteiger partial charge in [0.2, 0.25) is 0 Å². The van der Waals surface area contributed by atoms with Gasteiger partial charge in [-0.1, -0.05) is 13.3 Å². The van der Waals surface area contributed by atoms with E-state index < -0.39 is 0 Å². The molecule has 0 saturated heterocycles. The third-order valence-electron chi connectivity index (χ3n) is 2.82. The lowest BCUT2D eigenvalue weighted by atomic mass is 10.1. The molecule has 12 heavy (non-hydrogen) atoms. The van der Waals surface area contributed by atoms with Gasteiger partial charge in [-0.25, -0.2) is 0 Å². The molecule has 1 aliphatic carbocycles. The van der Waals surface area contributed by atoms with E-state index in [0.717, 1.165) is 12.5 Å². The number of nitrogens with one attached hydrogen (secondary N) is 1. The topological polar surface area (TPSA) is 32.3 Å². The van der Waals surface area contributed by atoms with Crippen molar-refractivity contribution in [2.45, 2.75) is 51.7 Å². The average molecular weight is 171 g/mol. The highest BCUT2D eigenvalue weighted by atomic mass is 16.3. The van der Waals surface area contributed by atoms with Gasteiger partial charge in [-0.05, 0) is 32.1 Å². The van der Waals surface area contributed by atoms with Crippen LogP contribution in [-0.2, 0) is 0 Å².